The maximum Gasteiger partial charge on any atom is 0.170 e. The third-order valence-electron chi connectivity index (χ3n) is 1.82. The number of hydrogen-bond acceptors (Lipinski definition) is 1. The first-order valence-corrected chi connectivity index (χ1v) is 9.16. The molecule has 0 spiro atoms. The highest BCUT2D eigenvalue weighted by atomic mass is 79.9. The standard InChI is InChI=1S/C8H20BrNSi/c1-3-5-7-10(11-9)8-6-4-2/h3-8,11H2,1-2H3. The average Bonchev–Trinajstić information content (AvgIpc) is 2.05. The van der Waals surface area contributed by atoms with Gasteiger partial charge in [-0.2, -0.15) is 0 Å². The largest absolute Gasteiger partial charge is 0.320 e. The van der Waals surface area contributed by atoms with Crippen LogP contribution in [-0.2, 0) is 0 Å². The van der Waals surface area contributed by atoms with Gasteiger partial charge >= 0.3 is 0 Å². The molecular formula is C8H20BrNSi. The minimum atomic E-state index is -0.0668. The summed E-state index contributed by atoms with van der Waals surface area (Å²) < 4.78 is 2.60. The minimum Gasteiger partial charge on any atom is -0.320 e. The van der Waals surface area contributed by atoms with E-state index in [1.165, 1.54) is 38.8 Å². The van der Waals surface area contributed by atoms with E-state index in [-0.39, 0.29) is 8.30 Å². The lowest BCUT2D eigenvalue weighted by Gasteiger charge is -2.18. The van der Waals surface area contributed by atoms with Gasteiger partial charge in [-0.1, -0.05) is 26.7 Å². The Hall–Kier alpha value is 0.657. The maximum absolute atomic E-state index is 3.64. The smallest absolute Gasteiger partial charge is 0.170 e. The third-order valence-corrected chi connectivity index (χ3v) is 4.92. The van der Waals surface area contributed by atoms with Crippen LogP contribution in [0.25, 0.3) is 0 Å². The van der Waals surface area contributed by atoms with Gasteiger partial charge in [-0.25, -0.2) is 0 Å². The van der Waals surface area contributed by atoms with Crippen molar-refractivity contribution in [3.63, 3.8) is 0 Å². The molecule has 0 aromatic carbocycles. The number of halogens is 1. The SMILES string of the molecule is CCCCN(CCCC)[SiH2]Br. The van der Waals surface area contributed by atoms with E-state index in [1.807, 2.05) is 0 Å². The van der Waals surface area contributed by atoms with E-state index in [2.05, 4.69) is 33.7 Å². The van der Waals surface area contributed by atoms with Gasteiger partial charge in [-0.05, 0) is 25.9 Å². The van der Waals surface area contributed by atoms with E-state index >= 15 is 0 Å². The first-order chi connectivity index (χ1) is 5.35. The Morgan fingerprint density at radius 1 is 1.09 bits per heavy atom. The molecular weight excluding hydrogens is 218 g/mol. The molecule has 0 aliphatic heterocycles. The lowest BCUT2D eigenvalue weighted by atomic mass is 10.3. The number of rotatable bonds is 7. The molecule has 0 rings (SSSR count). The van der Waals surface area contributed by atoms with Crippen molar-refractivity contribution in [2.24, 2.45) is 0 Å². The zero-order chi connectivity index (χ0) is 8.53. The van der Waals surface area contributed by atoms with E-state index in [4.69, 9.17) is 0 Å². The summed E-state index contributed by atoms with van der Waals surface area (Å²) in [4.78, 5) is 0. The predicted octanol–water partition coefficient (Wildman–Crippen LogP) is 2.28. The summed E-state index contributed by atoms with van der Waals surface area (Å²) in [6.07, 6.45) is 5.37. The molecule has 0 heterocycles. The fourth-order valence-electron chi connectivity index (χ4n) is 0.995. The third kappa shape index (κ3) is 7.03. The van der Waals surface area contributed by atoms with Gasteiger partial charge in [0.1, 0.15) is 0 Å². The highest BCUT2D eigenvalue weighted by molar-refractivity contribution is 9.23. The number of nitrogens with zero attached hydrogens (tertiary/aromatic N) is 1. The zero-order valence-electron chi connectivity index (χ0n) is 7.77. The molecule has 0 fully saturated rings. The van der Waals surface area contributed by atoms with Gasteiger partial charge in [0, 0.05) is 0 Å². The summed E-state index contributed by atoms with van der Waals surface area (Å²) in [7, 11) is -0.0668. The molecule has 0 aromatic heterocycles. The van der Waals surface area contributed by atoms with Crippen molar-refractivity contribution in [3.05, 3.63) is 0 Å². The van der Waals surface area contributed by atoms with Gasteiger partial charge in [0.05, 0.1) is 0 Å². The Bertz CT molecular complexity index is 72.5. The molecule has 68 valence electrons. The Morgan fingerprint density at radius 2 is 1.55 bits per heavy atom. The van der Waals surface area contributed by atoms with E-state index in [9.17, 15) is 0 Å². The van der Waals surface area contributed by atoms with Gasteiger partial charge in [-0.3, -0.25) is 0 Å². The lowest BCUT2D eigenvalue weighted by Crippen LogP contribution is -2.26. The summed E-state index contributed by atoms with van der Waals surface area (Å²) in [5.74, 6) is 0. The Morgan fingerprint density at radius 3 is 1.82 bits per heavy atom. The molecule has 0 radical (unpaired) electrons. The molecule has 0 N–H and O–H groups in total. The molecule has 0 aliphatic carbocycles. The fourth-order valence-corrected chi connectivity index (χ4v) is 3.19. The predicted molar refractivity (Wildman–Crippen MR) is 58.9 cm³/mol. The summed E-state index contributed by atoms with van der Waals surface area (Å²) in [5.41, 5.74) is 0. The Balaban J connectivity index is 3.25. The Labute approximate surface area is 81.0 Å². The van der Waals surface area contributed by atoms with Crippen LogP contribution in [0.2, 0.25) is 0 Å². The topological polar surface area (TPSA) is 3.24 Å². The van der Waals surface area contributed by atoms with Gasteiger partial charge in [0.25, 0.3) is 0 Å². The fraction of sp³-hybridized carbons (Fsp3) is 1.00. The summed E-state index contributed by atoms with van der Waals surface area (Å²) in [6.45, 7) is 7.14. The van der Waals surface area contributed by atoms with Crippen LogP contribution >= 0.6 is 15.3 Å². The van der Waals surface area contributed by atoms with E-state index in [0.717, 1.165) is 0 Å². The number of unbranched alkanes of at least 4 members (excludes halogenated alkanes) is 2. The van der Waals surface area contributed by atoms with Crippen LogP contribution in [0, 0.1) is 0 Å². The highest BCUT2D eigenvalue weighted by Crippen LogP contribution is 1.98. The molecule has 0 unspecified atom stereocenters. The molecule has 1 nitrogen and oxygen atoms in total. The van der Waals surface area contributed by atoms with E-state index in [0.29, 0.717) is 0 Å². The van der Waals surface area contributed by atoms with E-state index in [1.54, 1.807) is 0 Å². The second-order valence-corrected chi connectivity index (χ2v) is 5.58. The molecule has 0 saturated carbocycles. The maximum atomic E-state index is 3.64. The zero-order valence-corrected chi connectivity index (χ0v) is 10.8. The first-order valence-electron chi connectivity index (χ1n) is 4.63. The molecule has 3 heteroatoms. The molecule has 0 atom stereocenters. The van der Waals surface area contributed by atoms with Crippen molar-refractivity contribution in [2.75, 3.05) is 13.1 Å². The number of hydrogen-bond donors (Lipinski definition) is 0. The highest BCUT2D eigenvalue weighted by Gasteiger charge is 2.00. The van der Waals surface area contributed by atoms with Crippen molar-refractivity contribution in [1.29, 1.82) is 0 Å². The molecule has 0 saturated heterocycles. The summed E-state index contributed by atoms with van der Waals surface area (Å²) >= 11 is 3.64. The lowest BCUT2D eigenvalue weighted by molar-refractivity contribution is 0.427. The van der Waals surface area contributed by atoms with Gasteiger partial charge in [0.15, 0.2) is 8.30 Å². The van der Waals surface area contributed by atoms with Crippen molar-refractivity contribution >= 4 is 23.6 Å². The van der Waals surface area contributed by atoms with Crippen molar-refractivity contribution in [3.8, 4) is 0 Å². The molecule has 0 bridgehead atoms. The quantitative estimate of drug-likeness (QED) is 0.486. The summed E-state index contributed by atoms with van der Waals surface area (Å²) in [6, 6.07) is 0. The molecule has 0 aromatic rings. The van der Waals surface area contributed by atoms with Crippen LogP contribution in [0.3, 0.4) is 0 Å². The first kappa shape index (κ1) is 11.7. The monoisotopic (exact) mass is 237 g/mol. The molecule has 0 amide bonds. The molecule has 0 aliphatic rings. The van der Waals surface area contributed by atoms with Crippen LogP contribution < -0.4 is 0 Å². The van der Waals surface area contributed by atoms with Gasteiger partial charge < -0.3 is 4.57 Å². The van der Waals surface area contributed by atoms with Gasteiger partial charge in [-0.15, -0.1) is 15.3 Å². The summed E-state index contributed by atoms with van der Waals surface area (Å²) in [5, 5.41) is 0. The Kier molecular flexibility index (Phi) is 9.27. The average molecular weight is 238 g/mol. The van der Waals surface area contributed by atoms with Crippen LogP contribution in [0.1, 0.15) is 39.5 Å². The van der Waals surface area contributed by atoms with Gasteiger partial charge in [0.2, 0.25) is 0 Å². The van der Waals surface area contributed by atoms with Crippen molar-refractivity contribution in [1.82, 2.24) is 4.57 Å². The second-order valence-electron chi connectivity index (χ2n) is 2.94. The molecule has 11 heavy (non-hydrogen) atoms. The normalized spacial score (nSPS) is 12.0. The van der Waals surface area contributed by atoms with Crippen LogP contribution in [0.15, 0.2) is 0 Å². The minimum absolute atomic E-state index is 0.0668. The van der Waals surface area contributed by atoms with Crippen molar-refractivity contribution < 1.29 is 0 Å². The van der Waals surface area contributed by atoms with Crippen LogP contribution in [0.4, 0.5) is 0 Å². The van der Waals surface area contributed by atoms with Crippen LogP contribution in [-0.4, -0.2) is 26.0 Å². The second kappa shape index (κ2) is 8.75. The van der Waals surface area contributed by atoms with E-state index < -0.39 is 0 Å². The van der Waals surface area contributed by atoms with Crippen LogP contribution in [0.5, 0.6) is 0 Å². The van der Waals surface area contributed by atoms with Crippen molar-refractivity contribution in [2.45, 2.75) is 39.5 Å².